The number of aliphatic carboxylic acids is 1. The van der Waals surface area contributed by atoms with Crippen LogP contribution in [0.5, 0.6) is 5.75 Å². The van der Waals surface area contributed by atoms with Crippen LogP contribution < -0.4 is 4.74 Å². The van der Waals surface area contributed by atoms with Crippen LogP contribution in [0.25, 0.3) is 0 Å². The first kappa shape index (κ1) is 11.8. The van der Waals surface area contributed by atoms with E-state index in [0.29, 0.717) is 0 Å². The summed E-state index contributed by atoms with van der Waals surface area (Å²) in [4.78, 5) is 10.7. The van der Waals surface area contributed by atoms with Crippen LogP contribution in [0.3, 0.4) is 0 Å². The molecule has 0 saturated heterocycles. The quantitative estimate of drug-likeness (QED) is 0.872. The molecular formula is C10H10ClFO3. The molecule has 3 nitrogen and oxygen atoms in total. The van der Waals surface area contributed by atoms with Crippen molar-refractivity contribution in [3.63, 3.8) is 0 Å². The standard InChI is InChI=1S/C10H10ClFO3/c1-5(10(13)14)8-6(12)3-4-7(15-2)9(8)11/h3-5H,1-2H3,(H,13,14). The van der Waals surface area contributed by atoms with Gasteiger partial charge in [-0.25, -0.2) is 4.39 Å². The van der Waals surface area contributed by atoms with E-state index in [1.54, 1.807) is 0 Å². The van der Waals surface area contributed by atoms with E-state index in [1.165, 1.54) is 20.1 Å². The molecule has 0 aliphatic heterocycles. The van der Waals surface area contributed by atoms with Gasteiger partial charge >= 0.3 is 5.97 Å². The van der Waals surface area contributed by atoms with Crippen LogP contribution in [0.2, 0.25) is 5.02 Å². The zero-order chi connectivity index (χ0) is 11.6. The highest BCUT2D eigenvalue weighted by atomic mass is 35.5. The highest BCUT2D eigenvalue weighted by Gasteiger charge is 2.23. The maximum absolute atomic E-state index is 13.4. The predicted molar refractivity (Wildman–Crippen MR) is 54.0 cm³/mol. The van der Waals surface area contributed by atoms with Crippen LogP contribution in [0.1, 0.15) is 18.4 Å². The molecule has 0 fully saturated rings. The molecule has 1 unspecified atom stereocenters. The minimum absolute atomic E-state index is 0.00685. The number of carboxylic acid groups (broad SMARTS) is 1. The lowest BCUT2D eigenvalue weighted by molar-refractivity contribution is -0.138. The first-order chi connectivity index (χ1) is 6.99. The summed E-state index contributed by atoms with van der Waals surface area (Å²) in [5.41, 5.74) is -0.0523. The first-order valence-electron chi connectivity index (χ1n) is 4.23. The molecule has 82 valence electrons. The summed E-state index contributed by atoms with van der Waals surface area (Å²) in [5, 5.41) is 8.79. The van der Waals surface area contributed by atoms with Crippen molar-refractivity contribution in [2.24, 2.45) is 0 Å². The average Bonchev–Trinajstić information content (AvgIpc) is 2.17. The average molecular weight is 233 g/mol. The molecule has 5 heteroatoms. The van der Waals surface area contributed by atoms with Crippen molar-refractivity contribution in [1.29, 1.82) is 0 Å². The van der Waals surface area contributed by atoms with Crippen molar-refractivity contribution in [2.45, 2.75) is 12.8 Å². The van der Waals surface area contributed by atoms with Gasteiger partial charge in [0.25, 0.3) is 0 Å². The lowest BCUT2D eigenvalue weighted by Gasteiger charge is -2.12. The van der Waals surface area contributed by atoms with Crippen LogP contribution in [0.4, 0.5) is 4.39 Å². The maximum atomic E-state index is 13.4. The second-order valence-corrected chi connectivity index (χ2v) is 3.42. The Morgan fingerprint density at radius 3 is 2.67 bits per heavy atom. The number of ether oxygens (including phenoxy) is 1. The van der Waals surface area contributed by atoms with Crippen molar-refractivity contribution in [1.82, 2.24) is 0 Å². The molecule has 0 aliphatic carbocycles. The van der Waals surface area contributed by atoms with Gasteiger partial charge in [-0.1, -0.05) is 11.6 Å². The summed E-state index contributed by atoms with van der Waals surface area (Å²) in [5.74, 6) is -2.52. The Labute approximate surface area is 91.4 Å². The maximum Gasteiger partial charge on any atom is 0.310 e. The Morgan fingerprint density at radius 1 is 1.60 bits per heavy atom. The van der Waals surface area contributed by atoms with Crippen LogP contribution >= 0.6 is 11.6 Å². The van der Waals surface area contributed by atoms with Crippen molar-refractivity contribution in [3.05, 3.63) is 28.5 Å². The van der Waals surface area contributed by atoms with E-state index in [-0.39, 0.29) is 16.3 Å². The summed E-state index contributed by atoms with van der Waals surface area (Å²) in [6.07, 6.45) is 0. The molecule has 15 heavy (non-hydrogen) atoms. The van der Waals surface area contributed by atoms with Gasteiger partial charge in [0.05, 0.1) is 18.1 Å². The molecule has 1 atom stereocenters. The van der Waals surface area contributed by atoms with E-state index in [9.17, 15) is 9.18 Å². The van der Waals surface area contributed by atoms with Gasteiger partial charge < -0.3 is 9.84 Å². The monoisotopic (exact) mass is 232 g/mol. The highest BCUT2D eigenvalue weighted by Crippen LogP contribution is 2.34. The van der Waals surface area contributed by atoms with Crippen molar-refractivity contribution >= 4 is 17.6 Å². The third kappa shape index (κ3) is 2.21. The fourth-order valence-corrected chi connectivity index (χ4v) is 1.62. The highest BCUT2D eigenvalue weighted by molar-refractivity contribution is 6.33. The minimum Gasteiger partial charge on any atom is -0.495 e. The lowest BCUT2D eigenvalue weighted by atomic mass is 10.0. The second kappa shape index (κ2) is 4.49. The van der Waals surface area contributed by atoms with E-state index in [4.69, 9.17) is 21.4 Å². The normalized spacial score (nSPS) is 12.3. The number of methoxy groups -OCH3 is 1. The molecule has 0 aliphatic rings. The summed E-state index contributed by atoms with van der Waals surface area (Å²) < 4.78 is 18.3. The zero-order valence-corrected chi connectivity index (χ0v) is 9.01. The van der Waals surface area contributed by atoms with Gasteiger partial charge in [0.2, 0.25) is 0 Å². The lowest BCUT2D eigenvalue weighted by Crippen LogP contribution is -2.10. The predicted octanol–water partition coefficient (Wildman–Crippen LogP) is 2.68. The van der Waals surface area contributed by atoms with Gasteiger partial charge in [0.15, 0.2) is 0 Å². The topological polar surface area (TPSA) is 46.5 Å². The minimum atomic E-state index is -1.14. The molecule has 0 spiro atoms. The van der Waals surface area contributed by atoms with Crippen LogP contribution in [-0.2, 0) is 4.79 Å². The summed E-state index contributed by atoms with van der Waals surface area (Å²) in [7, 11) is 1.38. The van der Waals surface area contributed by atoms with Crippen molar-refractivity contribution in [3.8, 4) is 5.75 Å². The molecule has 1 rings (SSSR count). The zero-order valence-electron chi connectivity index (χ0n) is 8.25. The van der Waals surface area contributed by atoms with Gasteiger partial charge in [-0.3, -0.25) is 4.79 Å². The molecule has 1 N–H and O–H groups in total. The number of hydrogen-bond donors (Lipinski definition) is 1. The molecular weight excluding hydrogens is 223 g/mol. The largest absolute Gasteiger partial charge is 0.495 e. The number of hydrogen-bond acceptors (Lipinski definition) is 2. The molecule has 0 radical (unpaired) electrons. The fraction of sp³-hybridized carbons (Fsp3) is 0.300. The number of carbonyl (C=O) groups is 1. The van der Waals surface area contributed by atoms with E-state index in [2.05, 4.69) is 0 Å². The van der Waals surface area contributed by atoms with Gasteiger partial charge in [-0.2, -0.15) is 0 Å². The SMILES string of the molecule is COc1ccc(F)c(C(C)C(=O)O)c1Cl. The van der Waals surface area contributed by atoms with Gasteiger partial charge in [0.1, 0.15) is 11.6 Å². The van der Waals surface area contributed by atoms with E-state index in [0.717, 1.165) is 6.07 Å². The Morgan fingerprint density at radius 2 is 2.20 bits per heavy atom. The van der Waals surface area contributed by atoms with Gasteiger partial charge in [0, 0.05) is 5.56 Å². The third-order valence-electron chi connectivity index (χ3n) is 2.11. The Kier molecular flexibility index (Phi) is 3.52. The molecule has 0 bridgehead atoms. The van der Waals surface area contributed by atoms with E-state index >= 15 is 0 Å². The Balaban J connectivity index is 3.32. The first-order valence-corrected chi connectivity index (χ1v) is 4.61. The van der Waals surface area contributed by atoms with Crippen molar-refractivity contribution in [2.75, 3.05) is 7.11 Å². The molecule has 0 amide bonds. The van der Waals surface area contributed by atoms with Crippen LogP contribution in [0, 0.1) is 5.82 Å². The van der Waals surface area contributed by atoms with E-state index in [1.807, 2.05) is 0 Å². The third-order valence-corrected chi connectivity index (χ3v) is 2.50. The number of halogens is 2. The van der Waals surface area contributed by atoms with Crippen LogP contribution in [-0.4, -0.2) is 18.2 Å². The molecule has 0 saturated carbocycles. The van der Waals surface area contributed by atoms with E-state index < -0.39 is 17.7 Å². The molecule has 1 aromatic rings. The number of carboxylic acids is 1. The number of benzene rings is 1. The number of rotatable bonds is 3. The Bertz CT molecular complexity index is 392. The van der Waals surface area contributed by atoms with Crippen molar-refractivity contribution < 1.29 is 19.0 Å². The second-order valence-electron chi connectivity index (χ2n) is 3.04. The molecule has 0 heterocycles. The Hall–Kier alpha value is -1.29. The summed E-state index contributed by atoms with van der Waals surface area (Å²) in [6, 6.07) is 2.50. The smallest absolute Gasteiger partial charge is 0.310 e. The van der Waals surface area contributed by atoms with Gasteiger partial charge in [-0.15, -0.1) is 0 Å². The van der Waals surface area contributed by atoms with Crippen LogP contribution in [0.15, 0.2) is 12.1 Å². The molecule has 1 aromatic carbocycles. The van der Waals surface area contributed by atoms with Gasteiger partial charge in [-0.05, 0) is 19.1 Å². The fourth-order valence-electron chi connectivity index (χ4n) is 1.23. The summed E-state index contributed by atoms with van der Waals surface area (Å²) in [6.45, 7) is 1.37. The summed E-state index contributed by atoms with van der Waals surface area (Å²) >= 11 is 5.82. The molecule has 0 aromatic heterocycles.